The molecule has 5 nitrogen and oxygen atoms in total. The first-order valence-electron chi connectivity index (χ1n) is 6.06. The van der Waals surface area contributed by atoms with E-state index in [2.05, 4.69) is 10.5 Å². The van der Waals surface area contributed by atoms with Gasteiger partial charge in [-0.2, -0.15) is 0 Å². The molecule has 1 heterocycles. The summed E-state index contributed by atoms with van der Waals surface area (Å²) in [6.45, 7) is 11.5. The number of nitrogens with two attached hydrogens (primary N) is 1. The second-order valence-electron chi connectivity index (χ2n) is 5.83. The maximum atomic E-state index is 12.2. The van der Waals surface area contributed by atoms with E-state index in [1.54, 1.807) is 0 Å². The summed E-state index contributed by atoms with van der Waals surface area (Å²) in [6.07, 6.45) is 0. The van der Waals surface area contributed by atoms with Crippen molar-refractivity contribution in [3.05, 3.63) is 17.0 Å². The first kappa shape index (κ1) is 14.7. The molecule has 0 spiro atoms. The van der Waals surface area contributed by atoms with Crippen LogP contribution in [0, 0.1) is 19.3 Å². The van der Waals surface area contributed by atoms with Gasteiger partial charge in [0, 0.05) is 17.6 Å². The molecule has 1 amide bonds. The summed E-state index contributed by atoms with van der Waals surface area (Å²) in [4.78, 5) is 12.2. The molecule has 0 saturated heterocycles. The first-order valence-corrected chi connectivity index (χ1v) is 6.06. The summed E-state index contributed by atoms with van der Waals surface area (Å²) in [5.41, 5.74) is 6.53. The Morgan fingerprint density at radius 3 is 2.28 bits per heavy atom. The first-order chi connectivity index (χ1) is 8.07. The van der Waals surface area contributed by atoms with Gasteiger partial charge in [-0.3, -0.25) is 4.79 Å². The molecule has 0 aliphatic carbocycles. The number of aromatic nitrogens is 1. The SMILES string of the molecule is Cc1noc(C)c1CNC(=O)C(C)(C)C(C)(C)N. The average molecular weight is 253 g/mol. The van der Waals surface area contributed by atoms with Gasteiger partial charge in [0.2, 0.25) is 5.91 Å². The maximum Gasteiger partial charge on any atom is 0.227 e. The molecule has 102 valence electrons. The number of amides is 1. The fourth-order valence-electron chi connectivity index (χ4n) is 1.44. The minimum atomic E-state index is -0.647. The minimum absolute atomic E-state index is 0.0741. The van der Waals surface area contributed by atoms with Crippen LogP contribution in [0.3, 0.4) is 0 Å². The van der Waals surface area contributed by atoms with Crippen LogP contribution in [0.2, 0.25) is 0 Å². The van der Waals surface area contributed by atoms with Crippen LogP contribution in [0.1, 0.15) is 44.7 Å². The Labute approximate surface area is 108 Å². The van der Waals surface area contributed by atoms with Gasteiger partial charge in [0.25, 0.3) is 0 Å². The van der Waals surface area contributed by atoms with Crippen molar-refractivity contribution in [2.45, 2.75) is 53.6 Å². The Balaban J connectivity index is 2.74. The Hall–Kier alpha value is -1.36. The van der Waals surface area contributed by atoms with Crippen molar-refractivity contribution in [2.24, 2.45) is 11.1 Å². The molecule has 0 radical (unpaired) electrons. The lowest BCUT2D eigenvalue weighted by Crippen LogP contribution is -2.55. The van der Waals surface area contributed by atoms with E-state index < -0.39 is 11.0 Å². The summed E-state index contributed by atoms with van der Waals surface area (Å²) in [5.74, 6) is 0.660. The highest BCUT2D eigenvalue weighted by Gasteiger charge is 2.40. The molecule has 0 aliphatic heterocycles. The van der Waals surface area contributed by atoms with E-state index in [1.807, 2.05) is 41.5 Å². The number of hydrogen-bond donors (Lipinski definition) is 2. The van der Waals surface area contributed by atoms with E-state index in [9.17, 15) is 4.79 Å². The molecule has 1 aromatic rings. The van der Waals surface area contributed by atoms with Crippen molar-refractivity contribution in [1.29, 1.82) is 0 Å². The molecule has 0 fully saturated rings. The predicted molar refractivity (Wildman–Crippen MR) is 69.9 cm³/mol. The van der Waals surface area contributed by atoms with Crippen LogP contribution in [-0.4, -0.2) is 16.6 Å². The third kappa shape index (κ3) is 2.72. The maximum absolute atomic E-state index is 12.2. The number of carbonyl (C=O) groups excluding carboxylic acids is 1. The van der Waals surface area contributed by atoms with Gasteiger partial charge in [0.05, 0.1) is 11.1 Å². The van der Waals surface area contributed by atoms with Crippen molar-refractivity contribution in [3.63, 3.8) is 0 Å². The fraction of sp³-hybridized carbons (Fsp3) is 0.692. The van der Waals surface area contributed by atoms with Crippen LogP contribution >= 0.6 is 0 Å². The van der Waals surface area contributed by atoms with Crippen LogP contribution in [-0.2, 0) is 11.3 Å². The third-order valence-electron chi connectivity index (χ3n) is 3.79. The molecule has 1 rings (SSSR count). The van der Waals surface area contributed by atoms with E-state index in [1.165, 1.54) is 0 Å². The summed E-state index contributed by atoms with van der Waals surface area (Å²) < 4.78 is 5.05. The van der Waals surface area contributed by atoms with Gasteiger partial charge in [-0.25, -0.2) is 0 Å². The summed E-state index contributed by atoms with van der Waals surface area (Å²) in [5, 5.41) is 6.75. The van der Waals surface area contributed by atoms with Crippen molar-refractivity contribution in [3.8, 4) is 0 Å². The third-order valence-corrected chi connectivity index (χ3v) is 3.79. The highest BCUT2D eigenvalue weighted by molar-refractivity contribution is 5.83. The van der Waals surface area contributed by atoms with Crippen molar-refractivity contribution in [1.82, 2.24) is 10.5 Å². The lowest BCUT2D eigenvalue weighted by molar-refractivity contribution is -0.132. The second-order valence-corrected chi connectivity index (χ2v) is 5.83. The predicted octanol–water partition coefficient (Wildman–Crippen LogP) is 1.67. The van der Waals surface area contributed by atoms with Gasteiger partial charge in [-0.15, -0.1) is 0 Å². The molecule has 0 atom stereocenters. The van der Waals surface area contributed by atoms with E-state index in [0.29, 0.717) is 6.54 Å². The van der Waals surface area contributed by atoms with Gasteiger partial charge >= 0.3 is 0 Å². The van der Waals surface area contributed by atoms with Crippen molar-refractivity contribution >= 4 is 5.91 Å². The normalized spacial score (nSPS) is 12.6. The molecule has 0 saturated carbocycles. The fourth-order valence-corrected chi connectivity index (χ4v) is 1.44. The Bertz CT molecular complexity index is 422. The zero-order chi connectivity index (χ0) is 14.1. The Morgan fingerprint density at radius 2 is 1.89 bits per heavy atom. The topological polar surface area (TPSA) is 81.2 Å². The summed E-state index contributed by atoms with van der Waals surface area (Å²) in [7, 11) is 0. The standard InChI is InChI=1S/C13H23N3O2/c1-8-10(9(2)18-16-8)7-15-11(17)12(3,4)13(5,6)14/h7,14H2,1-6H3,(H,15,17). The van der Waals surface area contributed by atoms with Crippen LogP contribution < -0.4 is 11.1 Å². The highest BCUT2D eigenvalue weighted by Crippen LogP contribution is 2.28. The quantitative estimate of drug-likeness (QED) is 0.855. The number of nitrogens with zero attached hydrogens (tertiary/aromatic N) is 1. The monoisotopic (exact) mass is 253 g/mol. The Morgan fingerprint density at radius 1 is 1.33 bits per heavy atom. The van der Waals surface area contributed by atoms with Gasteiger partial charge in [-0.1, -0.05) is 5.16 Å². The number of carbonyl (C=O) groups is 1. The molecule has 0 unspecified atom stereocenters. The largest absolute Gasteiger partial charge is 0.361 e. The highest BCUT2D eigenvalue weighted by atomic mass is 16.5. The molecule has 0 bridgehead atoms. The molecule has 5 heteroatoms. The van der Waals surface area contributed by atoms with E-state index >= 15 is 0 Å². The van der Waals surface area contributed by atoms with Gasteiger partial charge in [-0.05, 0) is 41.5 Å². The molecule has 18 heavy (non-hydrogen) atoms. The molecular weight excluding hydrogens is 230 g/mol. The Kier molecular flexibility index (Phi) is 3.86. The van der Waals surface area contributed by atoms with Gasteiger partial charge < -0.3 is 15.6 Å². The molecular formula is C13H23N3O2. The lowest BCUT2D eigenvalue weighted by atomic mass is 9.74. The summed E-state index contributed by atoms with van der Waals surface area (Å²) in [6, 6.07) is 0. The van der Waals surface area contributed by atoms with E-state index in [4.69, 9.17) is 10.3 Å². The van der Waals surface area contributed by atoms with E-state index in [0.717, 1.165) is 17.0 Å². The van der Waals surface area contributed by atoms with Crippen LogP contribution in [0.4, 0.5) is 0 Å². The number of rotatable bonds is 4. The van der Waals surface area contributed by atoms with Crippen LogP contribution in [0.15, 0.2) is 4.52 Å². The number of nitrogens with one attached hydrogen (secondary N) is 1. The molecule has 3 N–H and O–H groups in total. The molecule has 0 aromatic carbocycles. The van der Waals surface area contributed by atoms with Gasteiger partial charge in [0.1, 0.15) is 5.76 Å². The lowest BCUT2D eigenvalue weighted by Gasteiger charge is -2.36. The zero-order valence-corrected chi connectivity index (χ0v) is 12.0. The smallest absolute Gasteiger partial charge is 0.227 e. The molecule has 0 aliphatic rings. The van der Waals surface area contributed by atoms with Crippen LogP contribution in [0.25, 0.3) is 0 Å². The van der Waals surface area contributed by atoms with Gasteiger partial charge in [0.15, 0.2) is 0 Å². The zero-order valence-electron chi connectivity index (χ0n) is 12.0. The van der Waals surface area contributed by atoms with Crippen molar-refractivity contribution < 1.29 is 9.32 Å². The number of aryl methyl sites for hydroxylation is 2. The van der Waals surface area contributed by atoms with Crippen LogP contribution in [0.5, 0.6) is 0 Å². The van der Waals surface area contributed by atoms with E-state index in [-0.39, 0.29) is 5.91 Å². The van der Waals surface area contributed by atoms with Crippen molar-refractivity contribution in [2.75, 3.05) is 0 Å². The number of hydrogen-bond acceptors (Lipinski definition) is 4. The summed E-state index contributed by atoms with van der Waals surface area (Å²) >= 11 is 0. The second kappa shape index (κ2) is 4.72. The molecule has 1 aromatic heterocycles. The minimum Gasteiger partial charge on any atom is -0.361 e. The average Bonchev–Trinajstić information content (AvgIpc) is 2.54.